The molecule has 0 aliphatic heterocycles. The average molecular weight is 667 g/mol. The summed E-state index contributed by atoms with van der Waals surface area (Å²) >= 11 is 0. The zero-order chi connectivity index (χ0) is 33.8. The molecule has 0 atom stereocenters. The fourth-order valence-electron chi connectivity index (χ4n) is 8.53. The van der Waals surface area contributed by atoms with Crippen molar-refractivity contribution >= 4 is 72.4 Å². The third kappa shape index (κ3) is 4.49. The highest BCUT2D eigenvalue weighted by Crippen LogP contribution is 2.33. The predicted octanol–water partition coefficient (Wildman–Crippen LogP) is 9.26. The summed E-state index contributed by atoms with van der Waals surface area (Å²) in [5.41, 5.74) is 7.22. The van der Waals surface area contributed by atoms with Crippen molar-refractivity contribution in [1.29, 1.82) is 0 Å². The van der Waals surface area contributed by atoms with E-state index in [1.807, 2.05) is 0 Å². The third-order valence-corrected chi connectivity index (χ3v) is 15.4. The van der Waals surface area contributed by atoms with Crippen LogP contribution in [0.1, 0.15) is 0 Å². The molecule has 0 N–H and O–H groups in total. The van der Waals surface area contributed by atoms with Crippen LogP contribution in [-0.2, 0) is 0 Å². The number of aromatic nitrogens is 2. The van der Waals surface area contributed by atoms with Gasteiger partial charge in [0.25, 0.3) is 0 Å². The second kappa shape index (κ2) is 11.9. The average Bonchev–Trinajstić information content (AvgIpc) is 3.73. The van der Waals surface area contributed by atoms with E-state index >= 15 is 0 Å². The Morgan fingerprint density at radius 1 is 0.255 bits per heavy atom. The molecule has 10 aromatic rings. The van der Waals surface area contributed by atoms with Crippen LogP contribution in [0.4, 0.5) is 0 Å². The van der Waals surface area contributed by atoms with Crippen molar-refractivity contribution in [2.24, 2.45) is 0 Å². The van der Waals surface area contributed by atoms with Crippen LogP contribution in [0.3, 0.4) is 0 Å². The lowest BCUT2D eigenvalue weighted by molar-refractivity contribution is 1.18. The van der Waals surface area contributed by atoms with Crippen LogP contribution in [0.15, 0.2) is 206 Å². The van der Waals surface area contributed by atoms with Gasteiger partial charge in [0.1, 0.15) is 0 Å². The standard InChI is InChI=1S/C48H34N2Si/c1-3-19-37(20-4-1)51(38-21-5-2-6-22-38,39-23-15-17-35(33-39)49-45-29-11-7-25-41(45)42-26-8-12-30-46(42)49)40-24-16-18-36(34-40)50-47-31-13-9-27-43(47)44-28-10-14-32-48(44)50/h1-34H. The summed E-state index contributed by atoms with van der Waals surface area (Å²) in [7, 11) is -2.88. The number of hydrogen-bond donors (Lipinski definition) is 0. The topological polar surface area (TPSA) is 9.86 Å². The van der Waals surface area contributed by atoms with Crippen molar-refractivity contribution < 1.29 is 0 Å². The highest BCUT2D eigenvalue weighted by Gasteiger charge is 2.42. The van der Waals surface area contributed by atoms with E-state index in [0.717, 1.165) is 0 Å². The lowest BCUT2D eigenvalue weighted by Gasteiger charge is -2.35. The molecule has 0 saturated heterocycles. The molecule has 0 spiro atoms. The highest BCUT2D eigenvalue weighted by molar-refractivity contribution is 7.20. The van der Waals surface area contributed by atoms with E-state index in [0.29, 0.717) is 0 Å². The molecule has 0 unspecified atom stereocenters. The number of nitrogens with zero attached hydrogens (tertiary/aromatic N) is 2. The summed E-state index contributed by atoms with van der Waals surface area (Å²) < 4.78 is 4.88. The minimum Gasteiger partial charge on any atom is -0.309 e. The van der Waals surface area contributed by atoms with Crippen LogP contribution >= 0.6 is 0 Å². The molecule has 2 nitrogen and oxygen atoms in total. The molecule has 0 aliphatic rings. The molecule has 8 aromatic carbocycles. The lowest BCUT2D eigenvalue weighted by Crippen LogP contribution is -2.74. The quantitative estimate of drug-likeness (QED) is 0.124. The van der Waals surface area contributed by atoms with E-state index in [9.17, 15) is 0 Å². The zero-order valence-corrected chi connectivity index (χ0v) is 29.0. The van der Waals surface area contributed by atoms with Gasteiger partial charge in [-0.05, 0) is 69.3 Å². The van der Waals surface area contributed by atoms with E-state index in [4.69, 9.17) is 0 Å². The Labute approximate surface area is 298 Å². The molecule has 51 heavy (non-hydrogen) atoms. The number of rotatable bonds is 6. The molecular formula is C48H34N2Si. The Kier molecular flexibility index (Phi) is 6.86. The van der Waals surface area contributed by atoms with Gasteiger partial charge >= 0.3 is 0 Å². The number of hydrogen-bond acceptors (Lipinski definition) is 0. The highest BCUT2D eigenvalue weighted by atomic mass is 28.3. The maximum Gasteiger partial charge on any atom is 0.179 e. The summed E-state index contributed by atoms with van der Waals surface area (Å²) in [6.45, 7) is 0. The second-order valence-corrected chi connectivity index (χ2v) is 17.1. The third-order valence-electron chi connectivity index (χ3n) is 10.6. The van der Waals surface area contributed by atoms with E-state index in [-0.39, 0.29) is 0 Å². The zero-order valence-electron chi connectivity index (χ0n) is 28.0. The molecule has 0 saturated carbocycles. The molecule has 3 heteroatoms. The minimum absolute atomic E-state index is 1.17. The van der Waals surface area contributed by atoms with E-state index in [1.165, 1.54) is 75.7 Å². The van der Waals surface area contributed by atoms with Crippen LogP contribution in [0.25, 0.3) is 55.0 Å². The monoisotopic (exact) mass is 666 g/mol. The summed E-state index contributed by atoms with van der Waals surface area (Å²) in [6.07, 6.45) is 0. The first-order valence-corrected chi connectivity index (χ1v) is 19.6. The molecule has 10 rings (SSSR count). The fourth-order valence-corrected chi connectivity index (χ4v) is 13.3. The molecule has 0 bridgehead atoms. The maximum absolute atomic E-state index is 2.88. The van der Waals surface area contributed by atoms with Gasteiger partial charge in [-0.1, -0.05) is 158 Å². The van der Waals surface area contributed by atoms with Gasteiger partial charge in [0.05, 0.1) is 22.1 Å². The Morgan fingerprint density at radius 2 is 0.549 bits per heavy atom. The van der Waals surface area contributed by atoms with Gasteiger partial charge in [-0.15, -0.1) is 0 Å². The minimum atomic E-state index is -2.88. The van der Waals surface area contributed by atoms with Crippen molar-refractivity contribution in [3.8, 4) is 11.4 Å². The van der Waals surface area contributed by atoms with Crippen LogP contribution in [0.5, 0.6) is 0 Å². The van der Waals surface area contributed by atoms with Crippen molar-refractivity contribution in [2.45, 2.75) is 0 Å². The Balaban J connectivity index is 1.29. The first-order valence-electron chi connectivity index (χ1n) is 17.6. The van der Waals surface area contributed by atoms with Gasteiger partial charge in [0.15, 0.2) is 8.07 Å². The predicted molar refractivity (Wildman–Crippen MR) is 219 cm³/mol. The molecule has 2 aromatic heterocycles. The smallest absolute Gasteiger partial charge is 0.179 e. The summed E-state index contributed by atoms with van der Waals surface area (Å²) in [5.74, 6) is 0. The number of fused-ring (bicyclic) bond motifs is 6. The fraction of sp³-hybridized carbons (Fsp3) is 0. The summed E-state index contributed by atoms with van der Waals surface area (Å²) in [6, 6.07) is 76.3. The van der Waals surface area contributed by atoms with Crippen molar-refractivity contribution in [3.05, 3.63) is 206 Å². The Bertz CT molecular complexity index is 2560. The first-order chi connectivity index (χ1) is 25.3. The second-order valence-electron chi connectivity index (χ2n) is 13.3. The molecule has 240 valence electrons. The van der Waals surface area contributed by atoms with Gasteiger partial charge in [-0.2, -0.15) is 0 Å². The molecular weight excluding hydrogens is 633 g/mol. The molecule has 0 radical (unpaired) electrons. The van der Waals surface area contributed by atoms with Crippen molar-refractivity contribution in [1.82, 2.24) is 9.13 Å². The van der Waals surface area contributed by atoms with Gasteiger partial charge in [-0.25, -0.2) is 0 Å². The van der Waals surface area contributed by atoms with Crippen LogP contribution in [0, 0.1) is 0 Å². The Morgan fingerprint density at radius 3 is 0.902 bits per heavy atom. The van der Waals surface area contributed by atoms with Crippen molar-refractivity contribution in [3.63, 3.8) is 0 Å². The van der Waals surface area contributed by atoms with E-state index in [1.54, 1.807) is 0 Å². The van der Waals surface area contributed by atoms with Gasteiger partial charge < -0.3 is 9.13 Å². The van der Waals surface area contributed by atoms with Gasteiger partial charge in [-0.3, -0.25) is 0 Å². The molecule has 0 aliphatic carbocycles. The number of para-hydroxylation sites is 4. The van der Waals surface area contributed by atoms with Gasteiger partial charge in [0, 0.05) is 32.9 Å². The number of benzene rings is 8. The largest absolute Gasteiger partial charge is 0.309 e. The normalized spacial score (nSPS) is 11.9. The van der Waals surface area contributed by atoms with E-state index in [2.05, 4.69) is 215 Å². The maximum atomic E-state index is 2.47. The first kappa shape index (κ1) is 29.5. The molecule has 2 heterocycles. The molecule has 0 amide bonds. The Hall–Kier alpha value is -6.42. The summed E-state index contributed by atoms with van der Waals surface area (Å²) in [5, 5.41) is 10.5. The van der Waals surface area contributed by atoms with Crippen LogP contribution in [-0.4, -0.2) is 17.2 Å². The van der Waals surface area contributed by atoms with E-state index < -0.39 is 8.07 Å². The SMILES string of the molecule is c1ccc([Si](c2ccccc2)(c2cccc(-n3c4ccccc4c4ccccc43)c2)c2cccc(-n3c4ccccc4c4ccccc43)c2)cc1. The molecule has 0 fully saturated rings. The van der Waals surface area contributed by atoms with Gasteiger partial charge in [0.2, 0.25) is 0 Å². The van der Waals surface area contributed by atoms with Crippen molar-refractivity contribution in [2.75, 3.05) is 0 Å². The summed E-state index contributed by atoms with van der Waals surface area (Å²) in [4.78, 5) is 0. The van der Waals surface area contributed by atoms with Crippen LogP contribution < -0.4 is 20.7 Å². The van der Waals surface area contributed by atoms with Crippen LogP contribution in [0.2, 0.25) is 0 Å². The lowest BCUT2D eigenvalue weighted by atomic mass is 10.2.